The molecule has 3 aromatic carbocycles. The summed E-state index contributed by atoms with van der Waals surface area (Å²) >= 11 is 6.13. The molecule has 5 nitrogen and oxygen atoms in total. The van der Waals surface area contributed by atoms with E-state index in [1.54, 1.807) is 36.4 Å². The smallest absolute Gasteiger partial charge is 0.340 e. The van der Waals surface area contributed by atoms with Crippen LogP contribution < -0.4 is 10.5 Å². The maximum atomic E-state index is 13.7. The summed E-state index contributed by atoms with van der Waals surface area (Å²) in [7, 11) is 0. The second-order valence-corrected chi connectivity index (χ2v) is 8.93. The number of carbonyl (C=O) groups excluding carboxylic acids is 2. The Kier molecular flexibility index (Phi) is 4.49. The van der Waals surface area contributed by atoms with Crippen molar-refractivity contribution in [3.8, 4) is 0 Å². The Morgan fingerprint density at radius 3 is 2.27 bits per heavy atom. The predicted octanol–water partition coefficient (Wildman–Crippen LogP) is 5.06. The van der Waals surface area contributed by atoms with Crippen LogP contribution >= 0.6 is 11.6 Å². The molecular weight excluding hydrogens is 438 g/mol. The molecule has 3 atom stereocenters. The summed E-state index contributed by atoms with van der Waals surface area (Å²) in [6.45, 7) is 0. The van der Waals surface area contributed by atoms with Crippen LogP contribution in [0.15, 0.2) is 88.1 Å². The van der Waals surface area contributed by atoms with Crippen LogP contribution in [0.1, 0.15) is 28.5 Å². The number of halogens is 1. The van der Waals surface area contributed by atoms with Crippen LogP contribution in [-0.2, 0) is 16.0 Å². The summed E-state index contributed by atoms with van der Waals surface area (Å²) < 4.78 is 5.59. The average Bonchev–Trinajstić information content (AvgIpc) is 3.09. The third kappa shape index (κ3) is 2.96. The van der Waals surface area contributed by atoms with Gasteiger partial charge in [-0.1, -0.05) is 60.1 Å². The normalized spacial score (nSPS) is 21.8. The Hall–Kier alpha value is -3.70. The van der Waals surface area contributed by atoms with Gasteiger partial charge < -0.3 is 4.42 Å². The zero-order valence-electron chi connectivity index (χ0n) is 17.4. The number of para-hydroxylation sites is 1. The molecule has 4 aromatic rings. The Bertz CT molecular complexity index is 1480. The first-order valence-corrected chi connectivity index (χ1v) is 11.2. The molecule has 2 heterocycles. The van der Waals surface area contributed by atoms with Crippen molar-refractivity contribution >= 4 is 40.1 Å². The van der Waals surface area contributed by atoms with Crippen LogP contribution in [0.3, 0.4) is 0 Å². The molecule has 1 aliphatic carbocycles. The number of fused-ring (bicyclic) bond motifs is 5. The molecule has 0 saturated carbocycles. The maximum Gasteiger partial charge on any atom is 0.340 e. The molecule has 2 unspecified atom stereocenters. The second kappa shape index (κ2) is 7.42. The number of rotatable bonds is 2. The molecule has 0 spiro atoms. The lowest BCUT2D eigenvalue weighted by molar-refractivity contribution is -0.122. The first-order valence-electron chi connectivity index (χ1n) is 10.8. The predicted molar refractivity (Wildman–Crippen MR) is 126 cm³/mol. The summed E-state index contributed by atoms with van der Waals surface area (Å²) in [5.74, 6) is -2.51. The van der Waals surface area contributed by atoms with Crippen molar-refractivity contribution in [3.05, 3.63) is 111 Å². The van der Waals surface area contributed by atoms with Crippen LogP contribution in [0, 0.1) is 5.92 Å². The lowest BCUT2D eigenvalue weighted by atomic mass is 9.67. The Labute approximate surface area is 194 Å². The topological polar surface area (TPSA) is 67.6 Å². The van der Waals surface area contributed by atoms with Gasteiger partial charge in [0, 0.05) is 22.4 Å². The first kappa shape index (κ1) is 19.9. The van der Waals surface area contributed by atoms with Crippen molar-refractivity contribution in [2.75, 3.05) is 4.90 Å². The van der Waals surface area contributed by atoms with Gasteiger partial charge in [0.2, 0.25) is 11.8 Å². The molecule has 162 valence electrons. The quantitative estimate of drug-likeness (QED) is 0.313. The highest BCUT2D eigenvalue weighted by molar-refractivity contribution is 6.31. The number of benzene rings is 3. The fraction of sp³-hybridized carbons (Fsp3) is 0.148. The number of hydrogen-bond donors (Lipinski definition) is 0. The summed E-state index contributed by atoms with van der Waals surface area (Å²) in [5.41, 5.74) is 2.31. The van der Waals surface area contributed by atoms with E-state index in [9.17, 15) is 14.4 Å². The second-order valence-electron chi connectivity index (χ2n) is 8.49. The molecule has 2 amide bonds. The molecule has 0 radical (unpaired) electrons. The van der Waals surface area contributed by atoms with E-state index in [4.69, 9.17) is 16.0 Å². The van der Waals surface area contributed by atoms with Crippen LogP contribution in [0.5, 0.6) is 0 Å². The molecule has 1 aliphatic heterocycles. The maximum absolute atomic E-state index is 13.7. The Morgan fingerprint density at radius 1 is 0.848 bits per heavy atom. The van der Waals surface area contributed by atoms with Crippen molar-refractivity contribution in [1.29, 1.82) is 0 Å². The van der Waals surface area contributed by atoms with E-state index in [1.165, 1.54) is 4.90 Å². The van der Waals surface area contributed by atoms with Gasteiger partial charge in [0.1, 0.15) is 5.58 Å². The lowest BCUT2D eigenvalue weighted by Crippen LogP contribution is -2.34. The summed E-state index contributed by atoms with van der Waals surface area (Å²) in [5, 5.41) is 1.20. The molecule has 1 aromatic heterocycles. The van der Waals surface area contributed by atoms with E-state index in [0.29, 0.717) is 28.3 Å². The third-order valence-corrected chi connectivity index (χ3v) is 7.01. The third-order valence-electron chi connectivity index (χ3n) is 6.78. The highest BCUT2D eigenvalue weighted by Gasteiger charge is 2.56. The van der Waals surface area contributed by atoms with Crippen LogP contribution in [0.4, 0.5) is 5.69 Å². The number of carbonyl (C=O) groups is 2. The molecular formula is C27H18ClNO4. The van der Waals surface area contributed by atoms with Gasteiger partial charge in [-0.2, -0.15) is 0 Å². The van der Waals surface area contributed by atoms with Crippen molar-refractivity contribution in [3.63, 3.8) is 0 Å². The molecule has 1 saturated heterocycles. The zero-order chi connectivity index (χ0) is 22.7. The van der Waals surface area contributed by atoms with Crippen molar-refractivity contribution in [2.45, 2.75) is 18.3 Å². The van der Waals surface area contributed by atoms with E-state index in [0.717, 1.165) is 16.5 Å². The average molecular weight is 456 g/mol. The fourth-order valence-electron chi connectivity index (χ4n) is 5.39. The number of anilines is 1. The van der Waals surface area contributed by atoms with E-state index < -0.39 is 23.4 Å². The first-order chi connectivity index (χ1) is 16.0. The lowest BCUT2D eigenvalue weighted by Gasteiger charge is -2.32. The molecule has 2 aliphatic rings. The zero-order valence-corrected chi connectivity index (χ0v) is 18.2. The molecule has 33 heavy (non-hydrogen) atoms. The Morgan fingerprint density at radius 2 is 1.55 bits per heavy atom. The minimum Gasteiger partial charge on any atom is -0.422 e. The van der Waals surface area contributed by atoms with E-state index in [-0.39, 0.29) is 11.8 Å². The van der Waals surface area contributed by atoms with Gasteiger partial charge in [0.05, 0.1) is 23.1 Å². The number of amides is 2. The summed E-state index contributed by atoms with van der Waals surface area (Å²) in [6.07, 6.45) is 0.450. The molecule has 1 fully saturated rings. The van der Waals surface area contributed by atoms with E-state index in [2.05, 4.69) is 0 Å². The minimum absolute atomic E-state index is 0.255. The molecule has 0 bridgehead atoms. The van der Waals surface area contributed by atoms with Crippen LogP contribution in [-0.4, -0.2) is 11.8 Å². The molecule has 6 rings (SSSR count). The van der Waals surface area contributed by atoms with E-state index >= 15 is 0 Å². The van der Waals surface area contributed by atoms with Crippen molar-refractivity contribution in [2.24, 2.45) is 5.92 Å². The SMILES string of the molecule is O=C1C2c3c(c4ccc(Cl)cc4oc3=O)C[C@@H](c3ccccc3)C2C(=O)N1c1ccccc1. The number of imide groups is 1. The van der Waals surface area contributed by atoms with Crippen LogP contribution in [0.2, 0.25) is 5.02 Å². The molecule has 6 heteroatoms. The fourth-order valence-corrected chi connectivity index (χ4v) is 5.55. The van der Waals surface area contributed by atoms with Crippen LogP contribution in [0.25, 0.3) is 11.0 Å². The standard InChI is InChI=1S/C27H18ClNO4/c28-16-11-12-18-20-14-19(15-7-3-1-4-8-15)22-24(23(20)27(32)33-21(18)13-16)26(31)29(25(22)30)17-9-5-2-6-10-17/h1-13,19,22,24H,14H2/t19-,22?,24?/m0/s1. The highest BCUT2D eigenvalue weighted by atomic mass is 35.5. The summed E-state index contributed by atoms with van der Waals surface area (Å²) in [6, 6.07) is 23.7. The minimum atomic E-state index is -0.900. The van der Waals surface area contributed by atoms with Crippen molar-refractivity contribution in [1.82, 2.24) is 0 Å². The van der Waals surface area contributed by atoms with Gasteiger partial charge in [0.25, 0.3) is 0 Å². The molecule has 0 N–H and O–H groups in total. The Balaban J connectivity index is 1.62. The highest BCUT2D eigenvalue weighted by Crippen LogP contribution is 2.51. The van der Waals surface area contributed by atoms with Gasteiger partial charge in [-0.05, 0) is 41.8 Å². The number of hydrogen-bond acceptors (Lipinski definition) is 4. The van der Waals surface area contributed by atoms with Gasteiger partial charge in [-0.3, -0.25) is 9.59 Å². The number of nitrogens with zero attached hydrogens (tertiary/aromatic N) is 1. The summed E-state index contributed by atoms with van der Waals surface area (Å²) in [4.78, 5) is 41.9. The van der Waals surface area contributed by atoms with Gasteiger partial charge in [0.15, 0.2) is 0 Å². The van der Waals surface area contributed by atoms with Gasteiger partial charge in [-0.15, -0.1) is 0 Å². The van der Waals surface area contributed by atoms with Gasteiger partial charge >= 0.3 is 5.63 Å². The van der Waals surface area contributed by atoms with Gasteiger partial charge in [-0.25, -0.2) is 9.69 Å². The van der Waals surface area contributed by atoms with Crippen molar-refractivity contribution < 1.29 is 14.0 Å². The van der Waals surface area contributed by atoms with E-state index in [1.807, 2.05) is 42.5 Å². The largest absolute Gasteiger partial charge is 0.422 e. The monoisotopic (exact) mass is 455 g/mol.